The highest BCUT2D eigenvalue weighted by Crippen LogP contribution is 2.37. The molecule has 4 amide bonds. The summed E-state index contributed by atoms with van der Waals surface area (Å²) in [6.07, 6.45) is 1.44. The van der Waals surface area contributed by atoms with E-state index in [1.165, 1.54) is 35.5 Å². The minimum atomic E-state index is -1.13. The van der Waals surface area contributed by atoms with Gasteiger partial charge in [-0.2, -0.15) is 0 Å². The number of urea groups is 1. The van der Waals surface area contributed by atoms with Gasteiger partial charge in [0.25, 0.3) is 11.8 Å². The van der Waals surface area contributed by atoms with Crippen LogP contribution < -0.4 is 5.32 Å². The Balaban J connectivity index is 1.56. The lowest BCUT2D eigenvalue weighted by molar-refractivity contribution is -0.134. The molecule has 2 saturated heterocycles. The maximum atomic E-state index is 13.6. The molecule has 1 aromatic heterocycles. The summed E-state index contributed by atoms with van der Waals surface area (Å²) >= 11 is 1.44. The van der Waals surface area contributed by atoms with E-state index >= 15 is 0 Å². The van der Waals surface area contributed by atoms with Gasteiger partial charge in [0, 0.05) is 26.6 Å². The first-order valence-corrected chi connectivity index (χ1v) is 11.9. The first-order chi connectivity index (χ1) is 15.9. The minimum Gasteiger partial charge on any atom is -0.383 e. The number of halogens is 1. The normalized spacial score (nSPS) is 21.5. The third-order valence-electron chi connectivity index (χ3n) is 6.65. The first kappa shape index (κ1) is 23.4. The van der Waals surface area contributed by atoms with Crippen molar-refractivity contribution in [3.05, 3.63) is 57.5 Å². The molecular weight excluding hydrogens is 445 g/mol. The van der Waals surface area contributed by atoms with Crippen molar-refractivity contribution in [3.8, 4) is 0 Å². The third-order valence-corrected chi connectivity index (χ3v) is 7.66. The van der Waals surface area contributed by atoms with Crippen molar-refractivity contribution in [1.29, 1.82) is 0 Å². The van der Waals surface area contributed by atoms with Crippen LogP contribution in [0.4, 0.5) is 9.18 Å². The number of imide groups is 1. The van der Waals surface area contributed by atoms with Crippen LogP contribution in [0.15, 0.2) is 35.7 Å². The summed E-state index contributed by atoms with van der Waals surface area (Å²) in [5.74, 6) is -0.781. The van der Waals surface area contributed by atoms with E-state index in [0.29, 0.717) is 25.9 Å². The van der Waals surface area contributed by atoms with Crippen molar-refractivity contribution in [2.24, 2.45) is 5.92 Å². The number of hydrogen-bond acceptors (Lipinski definition) is 5. The van der Waals surface area contributed by atoms with Crippen molar-refractivity contribution < 1.29 is 23.5 Å². The molecule has 2 aliphatic heterocycles. The maximum absolute atomic E-state index is 13.6. The van der Waals surface area contributed by atoms with Crippen LogP contribution in [0, 0.1) is 18.7 Å². The number of rotatable bonds is 7. The van der Waals surface area contributed by atoms with Crippen LogP contribution in [0.3, 0.4) is 0 Å². The molecule has 0 aliphatic carbocycles. The Morgan fingerprint density at radius 2 is 1.91 bits per heavy atom. The molecule has 2 aliphatic rings. The Bertz CT molecular complexity index is 1030. The smallest absolute Gasteiger partial charge is 0.325 e. The molecule has 0 spiro atoms. The van der Waals surface area contributed by atoms with Gasteiger partial charge in [0.15, 0.2) is 0 Å². The van der Waals surface area contributed by atoms with Crippen molar-refractivity contribution in [1.82, 2.24) is 15.1 Å². The van der Waals surface area contributed by atoms with E-state index in [4.69, 9.17) is 4.74 Å². The molecule has 9 heteroatoms. The largest absolute Gasteiger partial charge is 0.383 e. The molecule has 1 unspecified atom stereocenters. The van der Waals surface area contributed by atoms with Crippen LogP contribution in [0.5, 0.6) is 0 Å². The van der Waals surface area contributed by atoms with Crippen LogP contribution in [-0.2, 0) is 16.0 Å². The zero-order valence-corrected chi connectivity index (χ0v) is 19.6. The van der Waals surface area contributed by atoms with E-state index in [9.17, 15) is 18.8 Å². The Hall–Kier alpha value is -2.78. The van der Waals surface area contributed by atoms with Crippen LogP contribution in [0.2, 0.25) is 0 Å². The second-order valence-corrected chi connectivity index (χ2v) is 9.57. The molecule has 3 heterocycles. The van der Waals surface area contributed by atoms with Crippen LogP contribution in [0.1, 0.15) is 33.6 Å². The number of aryl methyl sites for hydroxylation is 1. The van der Waals surface area contributed by atoms with Gasteiger partial charge in [-0.1, -0.05) is 12.1 Å². The Morgan fingerprint density at radius 3 is 2.52 bits per heavy atom. The molecule has 0 bridgehead atoms. The molecule has 4 rings (SSSR count). The van der Waals surface area contributed by atoms with Gasteiger partial charge in [-0.25, -0.2) is 9.18 Å². The van der Waals surface area contributed by atoms with Gasteiger partial charge < -0.3 is 15.0 Å². The lowest BCUT2D eigenvalue weighted by Crippen LogP contribution is -2.58. The summed E-state index contributed by atoms with van der Waals surface area (Å²) < 4.78 is 18.5. The van der Waals surface area contributed by atoms with E-state index in [0.717, 1.165) is 16.0 Å². The average Bonchev–Trinajstić information content (AvgIpc) is 3.34. The minimum absolute atomic E-state index is 0.0111. The van der Waals surface area contributed by atoms with Gasteiger partial charge in [0.2, 0.25) is 0 Å². The Kier molecular flexibility index (Phi) is 6.81. The number of likely N-dealkylation sites (tertiary alicyclic amines) is 1. The lowest BCUT2D eigenvalue weighted by atomic mass is 9.74. The maximum Gasteiger partial charge on any atom is 0.325 e. The third kappa shape index (κ3) is 4.52. The molecule has 1 atom stereocenters. The summed E-state index contributed by atoms with van der Waals surface area (Å²) in [5, 5.41) is 4.89. The number of methoxy groups -OCH3 is 1. The van der Waals surface area contributed by atoms with E-state index < -0.39 is 11.6 Å². The molecule has 2 fully saturated rings. The van der Waals surface area contributed by atoms with E-state index in [1.54, 1.807) is 12.1 Å². The van der Waals surface area contributed by atoms with Gasteiger partial charge in [0.05, 0.1) is 18.0 Å². The van der Waals surface area contributed by atoms with Crippen LogP contribution in [0.25, 0.3) is 0 Å². The second kappa shape index (κ2) is 9.61. The average molecular weight is 474 g/mol. The summed E-state index contributed by atoms with van der Waals surface area (Å²) in [4.78, 5) is 43.1. The fourth-order valence-electron chi connectivity index (χ4n) is 4.81. The predicted octanol–water partition coefficient (Wildman–Crippen LogP) is 3.23. The number of thiophene rings is 1. The monoisotopic (exact) mass is 473 g/mol. The lowest BCUT2D eigenvalue weighted by Gasteiger charge is -2.41. The molecule has 2 aromatic rings. The topological polar surface area (TPSA) is 79.0 Å². The van der Waals surface area contributed by atoms with E-state index in [1.807, 2.05) is 23.3 Å². The van der Waals surface area contributed by atoms with Crippen molar-refractivity contribution in [3.63, 3.8) is 0 Å². The molecular formula is C24H28FN3O4S. The number of benzene rings is 1. The van der Waals surface area contributed by atoms with Crippen LogP contribution in [-0.4, -0.2) is 66.5 Å². The fourth-order valence-corrected chi connectivity index (χ4v) is 5.70. The SMILES string of the molecule is COCCN1C(=O)NC(Cc2ccc(F)cc2)(C2CCN(C(=O)c3sccc3C)CC2)C1=O. The van der Waals surface area contributed by atoms with E-state index in [-0.39, 0.29) is 43.1 Å². The standard InChI is InChI=1S/C24H28FN3O4S/c1-16-9-14-33-20(16)21(29)27-10-7-18(8-11-27)24(15-17-3-5-19(25)6-4-17)22(30)28(12-13-32-2)23(31)26-24/h3-6,9,14,18H,7-8,10-13,15H2,1-2H3,(H,26,31). The number of nitrogens with zero attached hydrogens (tertiary/aromatic N) is 2. The van der Waals surface area contributed by atoms with Gasteiger partial charge in [-0.15, -0.1) is 11.3 Å². The van der Waals surface area contributed by atoms with Gasteiger partial charge in [-0.3, -0.25) is 14.5 Å². The number of carbonyl (C=O) groups is 3. The van der Waals surface area contributed by atoms with Gasteiger partial charge in [-0.05, 0) is 60.4 Å². The number of hydrogen-bond donors (Lipinski definition) is 1. The number of amides is 4. The molecule has 1 aromatic carbocycles. The Morgan fingerprint density at radius 1 is 1.21 bits per heavy atom. The molecule has 176 valence electrons. The summed E-state index contributed by atoms with van der Waals surface area (Å²) in [7, 11) is 1.52. The molecule has 7 nitrogen and oxygen atoms in total. The predicted molar refractivity (Wildman–Crippen MR) is 123 cm³/mol. The highest BCUT2D eigenvalue weighted by Gasteiger charge is 2.55. The Labute approximate surface area is 196 Å². The van der Waals surface area contributed by atoms with Crippen molar-refractivity contribution in [2.75, 3.05) is 33.4 Å². The number of ether oxygens (including phenoxy) is 1. The second-order valence-electron chi connectivity index (χ2n) is 8.65. The van der Waals surface area contributed by atoms with Gasteiger partial charge in [0.1, 0.15) is 11.4 Å². The quantitative estimate of drug-likeness (QED) is 0.627. The number of carbonyl (C=O) groups excluding carboxylic acids is 3. The molecule has 1 N–H and O–H groups in total. The van der Waals surface area contributed by atoms with Crippen molar-refractivity contribution >= 4 is 29.2 Å². The molecule has 33 heavy (non-hydrogen) atoms. The van der Waals surface area contributed by atoms with E-state index in [2.05, 4.69) is 5.32 Å². The number of nitrogens with one attached hydrogen (secondary N) is 1. The summed E-state index contributed by atoms with van der Waals surface area (Å²) in [5.41, 5.74) is 0.606. The van der Waals surface area contributed by atoms with Crippen molar-refractivity contribution in [2.45, 2.75) is 31.7 Å². The molecule has 0 radical (unpaired) electrons. The zero-order chi connectivity index (χ0) is 23.6. The highest BCUT2D eigenvalue weighted by atomic mass is 32.1. The fraction of sp³-hybridized carbons (Fsp3) is 0.458. The molecule has 0 saturated carbocycles. The summed E-state index contributed by atoms with van der Waals surface area (Å²) in [6, 6.07) is 7.50. The highest BCUT2D eigenvalue weighted by molar-refractivity contribution is 7.12. The summed E-state index contributed by atoms with van der Waals surface area (Å²) in [6.45, 7) is 3.36. The first-order valence-electron chi connectivity index (χ1n) is 11.1. The van der Waals surface area contributed by atoms with Gasteiger partial charge >= 0.3 is 6.03 Å². The van der Waals surface area contributed by atoms with Crippen LogP contribution >= 0.6 is 11.3 Å². The zero-order valence-electron chi connectivity index (χ0n) is 18.8. The number of piperidine rings is 1.